The van der Waals surface area contributed by atoms with Crippen LogP contribution < -0.4 is 15.8 Å². The number of rotatable bonds is 3. The van der Waals surface area contributed by atoms with Crippen molar-refractivity contribution in [3.05, 3.63) is 22.1 Å². The predicted octanol–water partition coefficient (Wildman–Crippen LogP) is 2.84. The molecular formula is C19H27N5O2S. The van der Waals surface area contributed by atoms with Gasteiger partial charge in [-0.3, -0.25) is 9.59 Å². The maximum absolute atomic E-state index is 12.9. The highest BCUT2D eigenvalue weighted by Crippen LogP contribution is 2.27. The van der Waals surface area contributed by atoms with Gasteiger partial charge in [-0.05, 0) is 31.6 Å². The fourth-order valence-corrected chi connectivity index (χ4v) is 5.08. The number of hydrogen-bond acceptors (Lipinski definition) is 6. The van der Waals surface area contributed by atoms with E-state index in [0.717, 1.165) is 50.3 Å². The van der Waals surface area contributed by atoms with Crippen LogP contribution in [0.15, 0.2) is 10.9 Å². The van der Waals surface area contributed by atoms with E-state index in [1.165, 1.54) is 36.7 Å². The smallest absolute Gasteiger partial charge is 0.274 e. The molecule has 1 atom stereocenters. The van der Waals surface area contributed by atoms with Gasteiger partial charge in [-0.2, -0.15) is 9.50 Å². The molecule has 2 fully saturated rings. The number of hydrogen-bond donors (Lipinski definition) is 1. The maximum atomic E-state index is 12.9. The first-order valence-electron chi connectivity index (χ1n) is 10.1. The van der Waals surface area contributed by atoms with Crippen LogP contribution in [-0.2, 0) is 0 Å². The highest BCUT2D eigenvalue weighted by molar-refractivity contribution is 7.20. The lowest BCUT2D eigenvalue weighted by Gasteiger charge is -2.30. The summed E-state index contributed by atoms with van der Waals surface area (Å²) in [5.74, 6) is 0.400. The molecule has 0 radical (unpaired) electrons. The van der Waals surface area contributed by atoms with Crippen molar-refractivity contribution in [2.24, 2.45) is 5.92 Å². The minimum atomic E-state index is -0.386. The van der Waals surface area contributed by atoms with Crippen LogP contribution in [0.25, 0.3) is 4.96 Å². The molecule has 7 nitrogen and oxygen atoms in total. The van der Waals surface area contributed by atoms with Gasteiger partial charge >= 0.3 is 0 Å². The fourth-order valence-electron chi connectivity index (χ4n) is 4.14. The topological polar surface area (TPSA) is 79.6 Å². The molecule has 1 aliphatic carbocycles. The lowest BCUT2D eigenvalue weighted by atomic mass is 10.0. The number of fused-ring (bicyclic) bond motifs is 1. The van der Waals surface area contributed by atoms with Crippen LogP contribution in [0.3, 0.4) is 0 Å². The second-order valence-corrected chi connectivity index (χ2v) is 8.85. The van der Waals surface area contributed by atoms with Gasteiger partial charge in [0.25, 0.3) is 11.5 Å². The molecule has 2 aliphatic rings. The zero-order chi connectivity index (χ0) is 18.8. The Morgan fingerprint density at radius 3 is 2.70 bits per heavy atom. The molecule has 2 aromatic rings. The molecule has 0 bridgehead atoms. The molecule has 4 rings (SSSR count). The summed E-state index contributed by atoms with van der Waals surface area (Å²) in [6.45, 7) is 4.15. The summed E-state index contributed by atoms with van der Waals surface area (Å²) in [5, 5.41) is 8.59. The van der Waals surface area contributed by atoms with E-state index in [2.05, 4.69) is 27.2 Å². The Hall–Kier alpha value is -1.96. The standard InChI is InChI=1S/C19H27N5O2S/c1-13-7-6-10-23(12-13)19-22-24-15(11-16(25)21-18(24)27-19)17(26)20-14-8-4-2-3-5-9-14/h11,13-14H,2-10,12H2,1H3,(H,20,26)/t13-/m0/s1. The Kier molecular flexibility index (Phi) is 5.43. The quantitative estimate of drug-likeness (QED) is 0.817. The Bertz CT molecular complexity index is 869. The summed E-state index contributed by atoms with van der Waals surface area (Å²) in [5.41, 5.74) is -0.0926. The van der Waals surface area contributed by atoms with Crippen molar-refractivity contribution in [2.45, 2.75) is 64.3 Å². The zero-order valence-electron chi connectivity index (χ0n) is 15.8. The van der Waals surface area contributed by atoms with Crippen molar-refractivity contribution in [1.82, 2.24) is 19.9 Å². The van der Waals surface area contributed by atoms with Gasteiger partial charge in [-0.25, -0.2) is 0 Å². The number of anilines is 1. The second kappa shape index (κ2) is 7.96. The van der Waals surface area contributed by atoms with Gasteiger partial charge in [0.2, 0.25) is 10.1 Å². The summed E-state index contributed by atoms with van der Waals surface area (Å²) >= 11 is 1.39. The summed E-state index contributed by atoms with van der Waals surface area (Å²) in [4.78, 5) is 31.7. The molecule has 27 heavy (non-hydrogen) atoms. The first-order valence-corrected chi connectivity index (χ1v) is 10.9. The van der Waals surface area contributed by atoms with Gasteiger partial charge in [-0.1, -0.05) is 43.9 Å². The zero-order valence-corrected chi connectivity index (χ0v) is 16.6. The van der Waals surface area contributed by atoms with Crippen LogP contribution in [0.2, 0.25) is 0 Å². The molecule has 1 aliphatic heterocycles. The number of carbonyl (C=O) groups excluding carboxylic acids is 1. The molecular weight excluding hydrogens is 362 g/mol. The van der Waals surface area contributed by atoms with Crippen LogP contribution in [0.1, 0.15) is 68.8 Å². The van der Waals surface area contributed by atoms with Crippen molar-refractivity contribution >= 4 is 27.3 Å². The van der Waals surface area contributed by atoms with Crippen molar-refractivity contribution in [2.75, 3.05) is 18.0 Å². The van der Waals surface area contributed by atoms with Gasteiger partial charge in [0, 0.05) is 25.2 Å². The van der Waals surface area contributed by atoms with Crippen LogP contribution in [0.5, 0.6) is 0 Å². The van der Waals surface area contributed by atoms with Crippen molar-refractivity contribution in [3.63, 3.8) is 0 Å². The van der Waals surface area contributed by atoms with Crippen LogP contribution in [-0.4, -0.2) is 39.6 Å². The summed E-state index contributed by atoms with van der Waals surface area (Å²) in [6.07, 6.45) is 9.12. The summed E-state index contributed by atoms with van der Waals surface area (Å²) < 4.78 is 1.55. The number of nitrogens with one attached hydrogen (secondary N) is 1. The average Bonchev–Trinajstić information content (AvgIpc) is 2.90. The first-order chi connectivity index (χ1) is 13.1. The van der Waals surface area contributed by atoms with E-state index in [4.69, 9.17) is 0 Å². The first kappa shape index (κ1) is 18.4. The molecule has 1 amide bonds. The molecule has 0 spiro atoms. The normalized spacial score (nSPS) is 22.0. The minimum Gasteiger partial charge on any atom is -0.348 e. The summed E-state index contributed by atoms with van der Waals surface area (Å²) in [7, 11) is 0. The Morgan fingerprint density at radius 2 is 1.96 bits per heavy atom. The molecule has 2 aromatic heterocycles. The minimum absolute atomic E-state index is 0.181. The molecule has 1 saturated carbocycles. The van der Waals surface area contributed by atoms with Crippen LogP contribution in [0.4, 0.5) is 5.13 Å². The fraction of sp³-hybridized carbons (Fsp3) is 0.684. The van der Waals surface area contributed by atoms with Crippen molar-refractivity contribution in [3.8, 4) is 0 Å². The van der Waals surface area contributed by atoms with Gasteiger partial charge in [0.05, 0.1) is 0 Å². The molecule has 146 valence electrons. The van der Waals surface area contributed by atoms with E-state index < -0.39 is 0 Å². The number of amides is 1. The third kappa shape index (κ3) is 4.15. The van der Waals surface area contributed by atoms with E-state index in [-0.39, 0.29) is 17.5 Å². The molecule has 0 unspecified atom stereocenters. The van der Waals surface area contributed by atoms with Gasteiger partial charge in [0.1, 0.15) is 5.69 Å². The number of piperidine rings is 1. The van der Waals surface area contributed by atoms with Gasteiger partial charge in [0.15, 0.2) is 0 Å². The summed E-state index contributed by atoms with van der Waals surface area (Å²) in [6, 6.07) is 1.49. The Labute approximate surface area is 162 Å². The lowest BCUT2D eigenvalue weighted by Crippen LogP contribution is -2.36. The van der Waals surface area contributed by atoms with Crippen molar-refractivity contribution < 1.29 is 4.79 Å². The van der Waals surface area contributed by atoms with Crippen LogP contribution in [0, 0.1) is 5.92 Å². The molecule has 0 aromatic carbocycles. The number of carbonyl (C=O) groups is 1. The van der Waals surface area contributed by atoms with Gasteiger partial charge in [-0.15, -0.1) is 5.10 Å². The second-order valence-electron chi connectivity index (χ2n) is 7.91. The molecule has 1 N–H and O–H groups in total. The monoisotopic (exact) mass is 389 g/mol. The number of aromatic nitrogens is 3. The highest BCUT2D eigenvalue weighted by Gasteiger charge is 2.23. The van der Waals surface area contributed by atoms with E-state index >= 15 is 0 Å². The van der Waals surface area contributed by atoms with Gasteiger partial charge < -0.3 is 10.2 Å². The van der Waals surface area contributed by atoms with Crippen molar-refractivity contribution in [1.29, 1.82) is 0 Å². The SMILES string of the molecule is C[C@H]1CCCN(c2nn3c(C(=O)NC4CCCCCC4)cc(=O)nc3s2)C1. The largest absolute Gasteiger partial charge is 0.348 e. The molecule has 3 heterocycles. The number of nitrogens with zero attached hydrogens (tertiary/aromatic N) is 4. The lowest BCUT2D eigenvalue weighted by molar-refractivity contribution is 0.0925. The molecule has 8 heteroatoms. The third-order valence-corrected chi connectivity index (χ3v) is 6.56. The third-order valence-electron chi connectivity index (χ3n) is 5.59. The van der Waals surface area contributed by atoms with E-state index in [9.17, 15) is 9.59 Å². The maximum Gasteiger partial charge on any atom is 0.274 e. The van der Waals surface area contributed by atoms with E-state index in [1.54, 1.807) is 4.52 Å². The van der Waals surface area contributed by atoms with Crippen LogP contribution >= 0.6 is 11.3 Å². The highest BCUT2D eigenvalue weighted by atomic mass is 32.1. The van der Waals surface area contributed by atoms with E-state index in [1.807, 2.05) is 0 Å². The Balaban J connectivity index is 1.61. The predicted molar refractivity (Wildman–Crippen MR) is 107 cm³/mol. The van der Waals surface area contributed by atoms with E-state index in [0.29, 0.717) is 16.6 Å². The average molecular weight is 390 g/mol. The molecule has 1 saturated heterocycles. The Morgan fingerprint density at radius 1 is 1.19 bits per heavy atom.